The van der Waals surface area contributed by atoms with Crippen molar-refractivity contribution in [1.82, 2.24) is 4.90 Å². The zero-order chi connectivity index (χ0) is 18.8. The summed E-state index contributed by atoms with van der Waals surface area (Å²) in [6.07, 6.45) is 4.70. The normalized spacial score (nSPS) is 18.7. The summed E-state index contributed by atoms with van der Waals surface area (Å²) < 4.78 is 6.70. The van der Waals surface area contributed by atoms with Crippen LogP contribution >= 0.6 is 27.3 Å². The number of benzene rings is 1. The van der Waals surface area contributed by atoms with Crippen molar-refractivity contribution in [3.8, 4) is 0 Å². The molecule has 1 aromatic carbocycles. The van der Waals surface area contributed by atoms with Gasteiger partial charge in [0.15, 0.2) is 0 Å². The van der Waals surface area contributed by atoms with Gasteiger partial charge in [0.05, 0.1) is 19.3 Å². The molecule has 1 saturated heterocycles. The Labute approximate surface area is 173 Å². The van der Waals surface area contributed by atoms with Crippen LogP contribution in [0.2, 0.25) is 0 Å². The molecule has 1 fully saturated rings. The minimum absolute atomic E-state index is 0.00446. The number of nitrogens with zero attached hydrogens (tertiary/aromatic N) is 1. The van der Waals surface area contributed by atoms with Crippen LogP contribution in [0.5, 0.6) is 0 Å². The summed E-state index contributed by atoms with van der Waals surface area (Å²) in [6, 6.07) is 8.73. The number of rotatable bonds is 4. The summed E-state index contributed by atoms with van der Waals surface area (Å²) in [6.45, 7) is 4.92. The highest BCUT2D eigenvalue weighted by Gasteiger charge is 2.32. The number of fused-ring (bicyclic) bond motifs is 1. The molecule has 2 heterocycles. The van der Waals surface area contributed by atoms with Gasteiger partial charge in [-0.15, -0.1) is 11.3 Å². The number of ether oxygens (including phenoxy) is 1. The Hall–Kier alpha value is -1.21. The first-order valence-electron chi connectivity index (χ1n) is 9.63. The number of amides is 1. The van der Waals surface area contributed by atoms with Gasteiger partial charge < -0.3 is 10.1 Å². The van der Waals surface area contributed by atoms with Crippen LogP contribution in [0.15, 0.2) is 28.7 Å². The highest BCUT2D eigenvalue weighted by molar-refractivity contribution is 9.10. The molecule has 0 bridgehead atoms. The first-order valence-corrected chi connectivity index (χ1v) is 11.2. The van der Waals surface area contributed by atoms with E-state index < -0.39 is 0 Å². The van der Waals surface area contributed by atoms with E-state index >= 15 is 0 Å². The minimum Gasteiger partial charge on any atom is -0.379 e. The molecule has 1 N–H and O–H groups in total. The van der Waals surface area contributed by atoms with Crippen molar-refractivity contribution < 1.29 is 9.53 Å². The van der Waals surface area contributed by atoms with E-state index in [-0.39, 0.29) is 11.9 Å². The average molecular weight is 449 g/mol. The second kappa shape index (κ2) is 8.43. The Morgan fingerprint density at radius 1 is 1.26 bits per heavy atom. The molecule has 2 aliphatic rings. The van der Waals surface area contributed by atoms with Gasteiger partial charge in [-0.2, -0.15) is 0 Å². The molecule has 1 amide bonds. The Morgan fingerprint density at radius 3 is 2.78 bits per heavy atom. The SMILES string of the molecule is CC(=O)Nc1sc2c(c1C(c1cccc(Br)c1)N1CCOCC1)CCCC2. The van der Waals surface area contributed by atoms with E-state index in [1.54, 1.807) is 18.3 Å². The maximum absolute atomic E-state index is 11.9. The van der Waals surface area contributed by atoms with E-state index in [1.165, 1.54) is 34.4 Å². The highest BCUT2D eigenvalue weighted by atomic mass is 79.9. The van der Waals surface area contributed by atoms with Gasteiger partial charge in [-0.05, 0) is 48.9 Å². The van der Waals surface area contributed by atoms with Gasteiger partial charge in [0, 0.05) is 34.9 Å². The molecule has 1 atom stereocenters. The maximum Gasteiger partial charge on any atom is 0.221 e. The molecular weight excluding hydrogens is 424 g/mol. The monoisotopic (exact) mass is 448 g/mol. The smallest absolute Gasteiger partial charge is 0.221 e. The van der Waals surface area contributed by atoms with Gasteiger partial charge in [0.25, 0.3) is 0 Å². The topological polar surface area (TPSA) is 41.6 Å². The number of hydrogen-bond acceptors (Lipinski definition) is 4. The molecule has 1 aliphatic heterocycles. The van der Waals surface area contributed by atoms with Crippen molar-refractivity contribution in [2.24, 2.45) is 0 Å². The van der Waals surface area contributed by atoms with Crippen molar-refractivity contribution in [2.75, 3.05) is 31.6 Å². The van der Waals surface area contributed by atoms with Gasteiger partial charge in [-0.1, -0.05) is 28.1 Å². The van der Waals surface area contributed by atoms with E-state index in [2.05, 4.69) is 50.4 Å². The Balaban J connectivity index is 1.86. The Morgan fingerprint density at radius 2 is 2.04 bits per heavy atom. The lowest BCUT2D eigenvalue weighted by Crippen LogP contribution is -2.40. The van der Waals surface area contributed by atoms with E-state index in [4.69, 9.17) is 4.74 Å². The lowest BCUT2D eigenvalue weighted by molar-refractivity contribution is -0.114. The summed E-state index contributed by atoms with van der Waals surface area (Å²) in [5.41, 5.74) is 4.04. The maximum atomic E-state index is 11.9. The number of thiophene rings is 1. The van der Waals surface area contributed by atoms with Crippen molar-refractivity contribution in [1.29, 1.82) is 0 Å². The summed E-state index contributed by atoms with van der Waals surface area (Å²) in [4.78, 5) is 15.9. The van der Waals surface area contributed by atoms with E-state index in [1.807, 2.05) is 0 Å². The summed E-state index contributed by atoms with van der Waals surface area (Å²) >= 11 is 5.42. The van der Waals surface area contributed by atoms with Crippen LogP contribution in [0.25, 0.3) is 0 Å². The Bertz CT molecular complexity index is 830. The molecule has 2 aromatic rings. The predicted molar refractivity (Wildman–Crippen MR) is 114 cm³/mol. The number of anilines is 1. The molecule has 1 aromatic heterocycles. The number of nitrogens with one attached hydrogen (secondary N) is 1. The molecule has 4 nitrogen and oxygen atoms in total. The lowest BCUT2D eigenvalue weighted by Gasteiger charge is -2.36. The number of carbonyl (C=O) groups excluding carboxylic acids is 1. The molecule has 0 saturated carbocycles. The summed E-state index contributed by atoms with van der Waals surface area (Å²) in [7, 11) is 0. The first-order chi connectivity index (χ1) is 13.1. The van der Waals surface area contributed by atoms with Crippen molar-refractivity contribution >= 4 is 38.2 Å². The van der Waals surface area contributed by atoms with Crippen molar-refractivity contribution in [3.63, 3.8) is 0 Å². The summed E-state index contributed by atoms with van der Waals surface area (Å²) in [5, 5.41) is 4.18. The second-order valence-electron chi connectivity index (χ2n) is 7.24. The van der Waals surface area contributed by atoms with Crippen LogP contribution < -0.4 is 5.32 Å². The summed E-state index contributed by atoms with van der Waals surface area (Å²) in [5.74, 6) is 0.00446. The largest absolute Gasteiger partial charge is 0.379 e. The van der Waals surface area contributed by atoms with Gasteiger partial charge >= 0.3 is 0 Å². The number of hydrogen-bond donors (Lipinski definition) is 1. The molecule has 144 valence electrons. The van der Waals surface area contributed by atoms with Crippen LogP contribution in [-0.4, -0.2) is 37.1 Å². The number of halogens is 1. The third-order valence-electron chi connectivity index (χ3n) is 5.35. The van der Waals surface area contributed by atoms with Crippen LogP contribution in [0.4, 0.5) is 5.00 Å². The van der Waals surface area contributed by atoms with Gasteiger partial charge in [-0.3, -0.25) is 9.69 Å². The molecule has 27 heavy (non-hydrogen) atoms. The molecule has 0 radical (unpaired) electrons. The fourth-order valence-electron chi connectivity index (χ4n) is 4.20. The fourth-order valence-corrected chi connectivity index (χ4v) is 5.99. The van der Waals surface area contributed by atoms with Crippen LogP contribution in [0.1, 0.15) is 47.4 Å². The van der Waals surface area contributed by atoms with Gasteiger partial charge in [0.2, 0.25) is 5.91 Å². The van der Waals surface area contributed by atoms with Crippen LogP contribution in [0.3, 0.4) is 0 Å². The lowest BCUT2D eigenvalue weighted by atomic mass is 9.88. The quantitative estimate of drug-likeness (QED) is 0.731. The molecule has 1 aliphatic carbocycles. The van der Waals surface area contributed by atoms with E-state index in [9.17, 15) is 4.79 Å². The highest BCUT2D eigenvalue weighted by Crippen LogP contribution is 2.45. The molecule has 4 rings (SSSR count). The fraction of sp³-hybridized carbons (Fsp3) is 0.476. The standard InChI is InChI=1S/C21H25BrN2O2S/c1-14(25)23-21-19(17-7-2-3-8-18(17)27-21)20(24-9-11-26-12-10-24)15-5-4-6-16(22)13-15/h4-6,13,20H,2-3,7-12H2,1H3,(H,23,25). The number of aryl methyl sites for hydroxylation is 1. The molecular formula is C21H25BrN2O2S. The van der Waals surface area contributed by atoms with Crippen LogP contribution in [0, 0.1) is 0 Å². The predicted octanol–water partition coefficient (Wildman–Crippen LogP) is 4.77. The zero-order valence-corrected chi connectivity index (χ0v) is 18.0. The third kappa shape index (κ3) is 4.14. The van der Waals surface area contributed by atoms with Gasteiger partial charge in [-0.25, -0.2) is 0 Å². The number of morpholine rings is 1. The van der Waals surface area contributed by atoms with Crippen LogP contribution in [-0.2, 0) is 22.4 Å². The molecule has 6 heteroatoms. The van der Waals surface area contributed by atoms with E-state index in [0.717, 1.165) is 48.6 Å². The number of carbonyl (C=O) groups is 1. The van der Waals surface area contributed by atoms with Crippen molar-refractivity contribution in [3.05, 3.63) is 50.3 Å². The van der Waals surface area contributed by atoms with E-state index in [0.29, 0.717) is 0 Å². The molecule has 0 spiro atoms. The molecule has 1 unspecified atom stereocenters. The Kier molecular flexibility index (Phi) is 5.97. The average Bonchev–Trinajstić information content (AvgIpc) is 3.00. The van der Waals surface area contributed by atoms with Gasteiger partial charge in [0.1, 0.15) is 5.00 Å². The second-order valence-corrected chi connectivity index (χ2v) is 9.26. The minimum atomic E-state index is 0.00446. The first kappa shape index (κ1) is 19.1. The third-order valence-corrected chi connectivity index (χ3v) is 7.07. The zero-order valence-electron chi connectivity index (χ0n) is 15.6. The van der Waals surface area contributed by atoms with Crippen molar-refractivity contribution in [2.45, 2.75) is 38.6 Å².